The van der Waals surface area contributed by atoms with Crippen LogP contribution >= 0.6 is 11.6 Å². The molecule has 0 bridgehead atoms. The summed E-state index contributed by atoms with van der Waals surface area (Å²) in [5, 5.41) is 3.62. The van der Waals surface area contributed by atoms with E-state index in [9.17, 15) is 8.78 Å². The number of hydrogen-bond donors (Lipinski definition) is 1. The number of nitrogens with one attached hydrogen (secondary N) is 1. The molecule has 0 aliphatic carbocycles. The zero-order valence-corrected chi connectivity index (χ0v) is 13.1. The van der Waals surface area contributed by atoms with Crippen LogP contribution in [0.15, 0.2) is 30.3 Å². The van der Waals surface area contributed by atoms with Crippen LogP contribution in [0, 0.1) is 18.6 Å². The molecule has 4 heteroatoms. The Labute approximate surface area is 128 Å². The van der Waals surface area contributed by atoms with Gasteiger partial charge in [-0.25, -0.2) is 8.78 Å². The van der Waals surface area contributed by atoms with Crippen molar-refractivity contribution in [2.24, 2.45) is 0 Å². The van der Waals surface area contributed by atoms with E-state index in [2.05, 4.69) is 5.32 Å². The first kappa shape index (κ1) is 15.9. The maximum absolute atomic E-state index is 14.2. The summed E-state index contributed by atoms with van der Waals surface area (Å²) in [7, 11) is 0. The lowest BCUT2D eigenvalue weighted by Gasteiger charge is -2.12. The third-order valence-electron chi connectivity index (χ3n) is 3.30. The minimum Gasteiger partial charge on any atom is -0.310 e. The molecule has 0 amide bonds. The van der Waals surface area contributed by atoms with Crippen LogP contribution in [0.25, 0.3) is 11.1 Å². The van der Waals surface area contributed by atoms with Gasteiger partial charge in [-0.15, -0.1) is 0 Å². The molecule has 2 aromatic rings. The zero-order valence-electron chi connectivity index (χ0n) is 12.3. The van der Waals surface area contributed by atoms with Gasteiger partial charge in [-0.2, -0.15) is 0 Å². The summed E-state index contributed by atoms with van der Waals surface area (Å²) < 4.78 is 28.1. The largest absolute Gasteiger partial charge is 0.310 e. The van der Waals surface area contributed by atoms with Crippen molar-refractivity contribution < 1.29 is 8.78 Å². The first-order valence-corrected chi connectivity index (χ1v) is 7.24. The molecule has 0 aromatic heterocycles. The fourth-order valence-electron chi connectivity index (χ4n) is 2.10. The van der Waals surface area contributed by atoms with E-state index in [0.29, 0.717) is 28.7 Å². The number of halogens is 3. The van der Waals surface area contributed by atoms with Gasteiger partial charge in [-0.1, -0.05) is 43.6 Å². The van der Waals surface area contributed by atoms with Crippen molar-refractivity contribution in [2.45, 2.75) is 33.4 Å². The molecular weight excluding hydrogens is 292 g/mol. The Balaban J connectivity index is 2.40. The second kappa shape index (κ2) is 6.54. The Bertz CT molecular complexity index is 653. The highest BCUT2D eigenvalue weighted by Crippen LogP contribution is 2.33. The molecule has 112 valence electrons. The molecule has 1 N–H and O–H groups in total. The zero-order chi connectivity index (χ0) is 15.6. The minimum atomic E-state index is -0.604. The summed E-state index contributed by atoms with van der Waals surface area (Å²) in [6, 6.07) is 8.28. The van der Waals surface area contributed by atoms with E-state index >= 15 is 0 Å². The average molecular weight is 310 g/mol. The quantitative estimate of drug-likeness (QED) is 0.829. The van der Waals surface area contributed by atoms with E-state index in [1.807, 2.05) is 19.9 Å². The van der Waals surface area contributed by atoms with Crippen molar-refractivity contribution in [1.29, 1.82) is 0 Å². The standard InChI is InChI=1S/C17H18ClF2N/c1-10(2)21-9-12-5-6-13(14(18)8-12)16-15(19)7-4-11(3)17(16)20/h4-8,10,21H,9H2,1-3H3. The average Bonchev–Trinajstić information content (AvgIpc) is 2.43. The summed E-state index contributed by atoms with van der Waals surface area (Å²) in [5.41, 5.74) is 1.69. The van der Waals surface area contributed by atoms with Gasteiger partial charge in [-0.3, -0.25) is 0 Å². The van der Waals surface area contributed by atoms with Gasteiger partial charge in [0.05, 0.1) is 5.56 Å². The smallest absolute Gasteiger partial charge is 0.136 e. The Kier molecular flexibility index (Phi) is 4.96. The van der Waals surface area contributed by atoms with Crippen molar-refractivity contribution in [3.63, 3.8) is 0 Å². The molecule has 21 heavy (non-hydrogen) atoms. The molecule has 0 aliphatic heterocycles. The van der Waals surface area contributed by atoms with Crippen LogP contribution in [0.4, 0.5) is 8.78 Å². The van der Waals surface area contributed by atoms with Gasteiger partial charge < -0.3 is 5.32 Å². The fraction of sp³-hybridized carbons (Fsp3) is 0.294. The maximum atomic E-state index is 14.2. The predicted octanol–water partition coefficient (Wildman–Crippen LogP) is 5.09. The van der Waals surface area contributed by atoms with Crippen molar-refractivity contribution >= 4 is 11.6 Å². The van der Waals surface area contributed by atoms with Gasteiger partial charge in [0.2, 0.25) is 0 Å². The first-order chi connectivity index (χ1) is 9.90. The summed E-state index contributed by atoms with van der Waals surface area (Å²) in [6.07, 6.45) is 0. The highest BCUT2D eigenvalue weighted by molar-refractivity contribution is 6.33. The van der Waals surface area contributed by atoms with Crippen molar-refractivity contribution in [2.75, 3.05) is 0 Å². The molecule has 0 heterocycles. The molecule has 0 saturated carbocycles. The van der Waals surface area contributed by atoms with Gasteiger partial charge in [0.25, 0.3) is 0 Å². The lowest BCUT2D eigenvalue weighted by molar-refractivity contribution is 0.583. The molecule has 2 aromatic carbocycles. The Hall–Kier alpha value is -1.45. The number of rotatable bonds is 4. The van der Waals surface area contributed by atoms with Crippen LogP contribution in [0.3, 0.4) is 0 Å². The molecule has 0 saturated heterocycles. The van der Waals surface area contributed by atoms with Crippen LogP contribution in [0.1, 0.15) is 25.0 Å². The summed E-state index contributed by atoms with van der Waals surface area (Å²) in [6.45, 7) is 6.37. The van der Waals surface area contributed by atoms with Crippen LogP contribution in [0.5, 0.6) is 0 Å². The van der Waals surface area contributed by atoms with Gasteiger partial charge >= 0.3 is 0 Å². The minimum absolute atomic E-state index is 0.0663. The van der Waals surface area contributed by atoms with Crippen LogP contribution in [-0.4, -0.2) is 6.04 Å². The van der Waals surface area contributed by atoms with Gasteiger partial charge in [0.1, 0.15) is 11.6 Å². The second-order valence-electron chi connectivity index (χ2n) is 5.40. The second-order valence-corrected chi connectivity index (χ2v) is 5.81. The van der Waals surface area contributed by atoms with Crippen LogP contribution < -0.4 is 5.32 Å². The molecule has 0 radical (unpaired) electrons. The SMILES string of the molecule is Cc1ccc(F)c(-c2ccc(CNC(C)C)cc2Cl)c1F. The summed E-state index contributed by atoms with van der Waals surface area (Å²) >= 11 is 6.21. The Morgan fingerprint density at radius 3 is 2.48 bits per heavy atom. The Morgan fingerprint density at radius 1 is 1.14 bits per heavy atom. The number of benzene rings is 2. The van der Waals surface area contributed by atoms with Crippen molar-refractivity contribution in [1.82, 2.24) is 5.32 Å². The van der Waals surface area contributed by atoms with Crippen LogP contribution in [0.2, 0.25) is 5.02 Å². The third-order valence-corrected chi connectivity index (χ3v) is 3.61. The van der Waals surface area contributed by atoms with Gasteiger partial charge in [-0.05, 0) is 30.2 Å². The fourth-order valence-corrected chi connectivity index (χ4v) is 2.39. The van der Waals surface area contributed by atoms with Crippen molar-refractivity contribution in [3.8, 4) is 11.1 Å². The summed E-state index contributed by atoms with van der Waals surface area (Å²) in [5.74, 6) is -1.17. The van der Waals surface area contributed by atoms with Gasteiger partial charge in [0, 0.05) is 23.2 Å². The normalized spacial score (nSPS) is 11.2. The highest BCUT2D eigenvalue weighted by atomic mass is 35.5. The predicted molar refractivity (Wildman–Crippen MR) is 83.5 cm³/mol. The molecule has 1 nitrogen and oxygen atoms in total. The molecule has 0 unspecified atom stereocenters. The van der Waals surface area contributed by atoms with E-state index in [-0.39, 0.29) is 5.56 Å². The molecule has 0 atom stereocenters. The molecule has 0 spiro atoms. The van der Waals surface area contributed by atoms with E-state index < -0.39 is 11.6 Å². The highest BCUT2D eigenvalue weighted by Gasteiger charge is 2.16. The monoisotopic (exact) mass is 309 g/mol. The Morgan fingerprint density at radius 2 is 1.86 bits per heavy atom. The van der Waals surface area contributed by atoms with Crippen molar-refractivity contribution in [3.05, 3.63) is 58.1 Å². The molecule has 2 rings (SSSR count). The summed E-state index contributed by atoms with van der Waals surface area (Å²) in [4.78, 5) is 0. The number of hydrogen-bond acceptors (Lipinski definition) is 1. The number of aryl methyl sites for hydroxylation is 1. The third kappa shape index (κ3) is 3.60. The van der Waals surface area contributed by atoms with E-state index in [4.69, 9.17) is 11.6 Å². The molecule has 0 aliphatic rings. The lowest BCUT2D eigenvalue weighted by atomic mass is 10.0. The molecule has 0 fully saturated rings. The molecular formula is C17H18ClF2N. The first-order valence-electron chi connectivity index (χ1n) is 6.87. The topological polar surface area (TPSA) is 12.0 Å². The maximum Gasteiger partial charge on any atom is 0.136 e. The van der Waals surface area contributed by atoms with Gasteiger partial charge in [0.15, 0.2) is 0 Å². The van der Waals surface area contributed by atoms with E-state index in [1.54, 1.807) is 19.1 Å². The van der Waals surface area contributed by atoms with E-state index in [1.165, 1.54) is 12.1 Å². The van der Waals surface area contributed by atoms with E-state index in [0.717, 1.165) is 5.56 Å². The van der Waals surface area contributed by atoms with Crippen LogP contribution in [-0.2, 0) is 6.54 Å². The lowest BCUT2D eigenvalue weighted by Crippen LogP contribution is -2.21.